The Morgan fingerprint density at radius 3 is 2.54 bits per heavy atom. The Morgan fingerprint density at radius 1 is 1.11 bits per heavy atom. The lowest BCUT2D eigenvalue weighted by Gasteiger charge is -2.31. The van der Waals surface area contributed by atoms with E-state index in [1.54, 1.807) is 30.3 Å². The minimum absolute atomic E-state index is 0.0370. The Labute approximate surface area is 223 Å². The van der Waals surface area contributed by atoms with Gasteiger partial charge in [-0.25, -0.2) is 4.39 Å². The molecule has 11 heteroatoms. The van der Waals surface area contributed by atoms with Crippen molar-refractivity contribution in [3.05, 3.63) is 82.4 Å². The van der Waals surface area contributed by atoms with Crippen LogP contribution in [0.4, 0.5) is 10.1 Å². The third kappa shape index (κ3) is 6.58. The predicted octanol–water partition coefficient (Wildman–Crippen LogP) is 5.13. The number of aromatic nitrogens is 4. The van der Waals surface area contributed by atoms with Crippen LogP contribution in [-0.2, 0) is 16.1 Å². The highest BCUT2D eigenvalue weighted by molar-refractivity contribution is 7.13. The highest BCUT2D eigenvalue weighted by atomic mass is 35.5. The Morgan fingerprint density at radius 2 is 1.86 bits per heavy atom. The average Bonchev–Trinajstić information content (AvgIpc) is 3.56. The van der Waals surface area contributed by atoms with Crippen LogP contribution in [0.5, 0.6) is 0 Å². The number of nitrogens with zero attached hydrogens (tertiary/aromatic N) is 5. The number of amides is 2. The molecule has 2 aromatic carbocycles. The molecule has 192 valence electrons. The summed E-state index contributed by atoms with van der Waals surface area (Å²) in [6, 6.07) is 14.9. The van der Waals surface area contributed by atoms with Gasteiger partial charge in [0.25, 0.3) is 5.91 Å². The van der Waals surface area contributed by atoms with Crippen LogP contribution >= 0.6 is 22.9 Å². The molecule has 37 heavy (non-hydrogen) atoms. The van der Waals surface area contributed by atoms with Crippen molar-refractivity contribution in [3.8, 4) is 10.7 Å². The molecule has 0 saturated carbocycles. The summed E-state index contributed by atoms with van der Waals surface area (Å²) in [6.07, 6.45) is 0.751. The lowest BCUT2D eigenvalue weighted by molar-refractivity contribution is -0.127. The molecular weight excluding hydrogens is 515 g/mol. The Balaban J connectivity index is 1.71. The van der Waals surface area contributed by atoms with E-state index < -0.39 is 23.7 Å². The van der Waals surface area contributed by atoms with E-state index in [0.29, 0.717) is 28.9 Å². The largest absolute Gasteiger partial charge is 0.354 e. The van der Waals surface area contributed by atoms with Crippen LogP contribution in [0.15, 0.2) is 66.0 Å². The number of thiophene rings is 1. The Hall–Kier alpha value is -3.63. The van der Waals surface area contributed by atoms with E-state index in [-0.39, 0.29) is 12.2 Å². The zero-order valence-corrected chi connectivity index (χ0v) is 21.9. The maximum atomic E-state index is 15.1. The van der Waals surface area contributed by atoms with E-state index in [9.17, 15) is 9.59 Å². The molecule has 4 rings (SSSR count). The highest BCUT2D eigenvalue weighted by Gasteiger charge is 2.34. The van der Waals surface area contributed by atoms with Crippen LogP contribution in [0.3, 0.4) is 0 Å². The van der Waals surface area contributed by atoms with E-state index in [2.05, 4.69) is 20.7 Å². The van der Waals surface area contributed by atoms with Crippen molar-refractivity contribution in [1.82, 2.24) is 25.5 Å². The van der Waals surface area contributed by atoms with Gasteiger partial charge in [-0.3, -0.25) is 14.5 Å². The number of anilines is 1. The first-order chi connectivity index (χ1) is 17.8. The fraction of sp³-hybridized carbons (Fsp3) is 0.269. The van der Waals surface area contributed by atoms with Gasteiger partial charge in [-0.1, -0.05) is 55.8 Å². The molecule has 2 aromatic heterocycles. The summed E-state index contributed by atoms with van der Waals surface area (Å²) in [4.78, 5) is 30.4. The van der Waals surface area contributed by atoms with Crippen molar-refractivity contribution >= 4 is 40.4 Å². The fourth-order valence-corrected chi connectivity index (χ4v) is 4.49. The van der Waals surface area contributed by atoms with Gasteiger partial charge < -0.3 is 5.32 Å². The van der Waals surface area contributed by atoms with Crippen molar-refractivity contribution in [1.29, 1.82) is 0 Å². The number of carbonyl (C=O) groups is 2. The summed E-state index contributed by atoms with van der Waals surface area (Å²) >= 11 is 7.53. The first-order valence-electron chi connectivity index (χ1n) is 11.7. The number of tetrazole rings is 1. The van der Waals surface area contributed by atoms with Gasteiger partial charge in [0, 0.05) is 11.6 Å². The number of hydrogen-bond acceptors (Lipinski definition) is 6. The number of para-hydroxylation sites is 1. The first-order valence-corrected chi connectivity index (χ1v) is 13.0. The summed E-state index contributed by atoms with van der Waals surface area (Å²) in [5.74, 6) is -0.921. The predicted molar refractivity (Wildman–Crippen MR) is 142 cm³/mol. The van der Waals surface area contributed by atoms with Crippen molar-refractivity contribution in [2.75, 3.05) is 11.4 Å². The Kier molecular flexibility index (Phi) is 8.62. The van der Waals surface area contributed by atoms with E-state index in [4.69, 9.17) is 11.6 Å². The molecule has 2 amide bonds. The van der Waals surface area contributed by atoms with Crippen LogP contribution < -0.4 is 10.2 Å². The molecule has 0 unspecified atom stereocenters. The van der Waals surface area contributed by atoms with Crippen LogP contribution in [0, 0.1) is 11.7 Å². The van der Waals surface area contributed by atoms with Crippen molar-refractivity contribution in [2.24, 2.45) is 5.92 Å². The summed E-state index contributed by atoms with van der Waals surface area (Å²) in [5.41, 5.74) is 0.443. The van der Waals surface area contributed by atoms with Gasteiger partial charge in [0.05, 0.1) is 10.6 Å². The smallest absolute Gasteiger partial charge is 0.251 e. The molecule has 4 aromatic rings. The van der Waals surface area contributed by atoms with Gasteiger partial charge in [-0.15, -0.1) is 21.5 Å². The van der Waals surface area contributed by atoms with Crippen LogP contribution in [0.2, 0.25) is 5.02 Å². The van der Waals surface area contributed by atoms with Gasteiger partial charge in [-0.05, 0) is 58.8 Å². The van der Waals surface area contributed by atoms with Crippen molar-refractivity contribution < 1.29 is 14.0 Å². The van der Waals surface area contributed by atoms with E-state index in [1.165, 1.54) is 29.5 Å². The maximum absolute atomic E-state index is 15.1. The third-order valence-corrected chi connectivity index (χ3v) is 6.68. The minimum atomic E-state index is -1.16. The number of carbonyl (C=O) groups excluding carboxylic acids is 2. The molecule has 0 aliphatic carbocycles. The van der Waals surface area contributed by atoms with Gasteiger partial charge >= 0.3 is 0 Å². The lowest BCUT2D eigenvalue weighted by Crippen LogP contribution is -2.46. The monoisotopic (exact) mass is 540 g/mol. The summed E-state index contributed by atoms with van der Waals surface area (Å²) in [7, 11) is 0. The number of rotatable bonds is 10. The van der Waals surface area contributed by atoms with Crippen molar-refractivity contribution in [2.45, 2.75) is 32.9 Å². The lowest BCUT2D eigenvalue weighted by atomic mass is 10.0. The zero-order valence-electron chi connectivity index (χ0n) is 20.3. The molecule has 0 saturated heterocycles. The van der Waals surface area contributed by atoms with Gasteiger partial charge in [0.15, 0.2) is 0 Å². The number of halogens is 2. The number of nitrogens with one attached hydrogen (secondary N) is 1. The molecule has 0 aliphatic rings. The number of benzene rings is 2. The normalized spacial score (nSPS) is 11.9. The minimum Gasteiger partial charge on any atom is -0.354 e. The quantitative estimate of drug-likeness (QED) is 0.301. The van der Waals surface area contributed by atoms with Gasteiger partial charge in [0.1, 0.15) is 18.4 Å². The van der Waals surface area contributed by atoms with E-state index in [1.807, 2.05) is 31.4 Å². The second kappa shape index (κ2) is 12.1. The molecule has 0 aliphatic heterocycles. The summed E-state index contributed by atoms with van der Waals surface area (Å²) in [5, 5.41) is 17.6. The molecule has 0 fully saturated rings. The van der Waals surface area contributed by atoms with Crippen LogP contribution in [-0.4, -0.2) is 38.6 Å². The van der Waals surface area contributed by atoms with Crippen LogP contribution in [0.1, 0.15) is 31.9 Å². The molecule has 0 spiro atoms. The molecule has 0 radical (unpaired) electrons. The number of hydrogen-bond donors (Lipinski definition) is 1. The first kappa shape index (κ1) is 26.4. The van der Waals surface area contributed by atoms with Gasteiger partial charge in [0.2, 0.25) is 11.7 Å². The standard InChI is InChI=1S/C26H26ClFN6O2S/c1-17(2)13-14-29-26(36)24(18-9-11-19(27)12-10-18)34(21-7-4-3-6-20(21)28)23(35)16-33-31-25(30-32-33)22-8-5-15-37-22/h3-12,15,17,24H,13-14,16H2,1-2H3,(H,29,36)/t24-/m1/s1. The SMILES string of the molecule is CC(C)CCNC(=O)[C@@H](c1ccc(Cl)cc1)N(C(=O)Cn1nnc(-c2cccs2)n1)c1ccccc1F. The summed E-state index contributed by atoms with van der Waals surface area (Å²) < 4.78 is 15.1. The Bertz CT molecular complexity index is 1340. The average molecular weight is 541 g/mol. The fourth-order valence-electron chi connectivity index (χ4n) is 3.72. The molecule has 0 bridgehead atoms. The summed E-state index contributed by atoms with van der Waals surface area (Å²) in [6.45, 7) is 4.16. The maximum Gasteiger partial charge on any atom is 0.251 e. The third-order valence-electron chi connectivity index (χ3n) is 5.56. The molecule has 1 atom stereocenters. The van der Waals surface area contributed by atoms with Gasteiger partial charge in [-0.2, -0.15) is 4.80 Å². The second-order valence-electron chi connectivity index (χ2n) is 8.76. The zero-order chi connectivity index (χ0) is 26.4. The van der Waals surface area contributed by atoms with Crippen molar-refractivity contribution in [3.63, 3.8) is 0 Å². The molecule has 1 N–H and O–H groups in total. The molecular formula is C26H26ClFN6O2S. The highest BCUT2D eigenvalue weighted by Crippen LogP contribution is 2.31. The second-order valence-corrected chi connectivity index (χ2v) is 10.1. The van der Waals surface area contributed by atoms with Crippen LogP contribution in [0.25, 0.3) is 10.7 Å². The van der Waals surface area contributed by atoms with E-state index in [0.717, 1.165) is 21.0 Å². The van der Waals surface area contributed by atoms with E-state index >= 15 is 4.39 Å². The topological polar surface area (TPSA) is 93.0 Å². The molecule has 8 nitrogen and oxygen atoms in total. The molecule has 2 heterocycles.